The van der Waals surface area contributed by atoms with Gasteiger partial charge >= 0.3 is 0 Å². The van der Waals surface area contributed by atoms with Gasteiger partial charge in [-0.25, -0.2) is 0 Å². The fraction of sp³-hybridized carbons (Fsp3) is 0.778. The summed E-state index contributed by atoms with van der Waals surface area (Å²) in [6, 6.07) is 0. The highest BCUT2D eigenvalue weighted by Gasteiger charge is 2.14. The van der Waals surface area contributed by atoms with Crippen LogP contribution in [0.15, 0.2) is 4.99 Å². The topological polar surface area (TPSA) is 54.2 Å². The Kier molecular flexibility index (Phi) is 6.93. The highest BCUT2D eigenvalue weighted by Crippen LogP contribution is 2.28. The summed E-state index contributed by atoms with van der Waals surface area (Å²) in [5, 5.41) is 11.3. The summed E-state index contributed by atoms with van der Waals surface area (Å²) in [7, 11) is 3.84. The molecule has 1 aliphatic rings. The minimum Gasteiger partial charge on any atom is -0.356 e. The minimum absolute atomic E-state index is 0.885. The van der Waals surface area contributed by atoms with E-state index in [2.05, 4.69) is 34.6 Å². The van der Waals surface area contributed by atoms with Crippen molar-refractivity contribution in [2.75, 3.05) is 20.1 Å². The molecule has 0 aliphatic heterocycles. The molecule has 5 nitrogen and oxygen atoms in total. The highest BCUT2D eigenvalue weighted by molar-refractivity contribution is 5.79. The van der Waals surface area contributed by atoms with Gasteiger partial charge in [0.15, 0.2) is 5.96 Å². The maximum absolute atomic E-state index is 4.47. The first-order valence-corrected chi connectivity index (χ1v) is 9.05. The molecule has 0 saturated heterocycles. The van der Waals surface area contributed by atoms with Crippen molar-refractivity contribution in [1.82, 2.24) is 20.4 Å². The fourth-order valence-corrected chi connectivity index (χ4v) is 3.60. The lowest BCUT2D eigenvalue weighted by atomic mass is 10.0. The lowest BCUT2D eigenvalue weighted by molar-refractivity contribution is 0.481. The van der Waals surface area contributed by atoms with Gasteiger partial charge in [-0.1, -0.05) is 25.7 Å². The van der Waals surface area contributed by atoms with Gasteiger partial charge in [-0.2, -0.15) is 5.10 Å². The van der Waals surface area contributed by atoms with Gasteiger partial charge in [0, 0.05) is 32.9 Å². The van der Waals surface area contributed by atoms with Crippen molar-refractivity contribution in [1.29, 1.82) is 0 Å². The maximum atomic E-state index is 4.47. The Morgan fingerprint density at radius 2 is 1.91 bits per heavy atom. The first-order valence-electron chi connectivity index (χ1n) is 9.05. The molecule has 0 radical (unpaired) electrons. The molecule has 0 spiro atoms. The summed E-state index contributed by atoms with van der Waals surface area (Å²) in [6.07, 6.45) is 9.34. The van der Waals surface area contributed by atoms with E-state index in [0.717, 1.165) is 37.1 Å². The van der Waals surface area contributed by atoms with Gasteiger partial charge in [0.25, 0.3) is 0 Å². The highest BCUT2D eigenvalue weighted by atomic mass is 15.3. The van der Waals surface area contributed by atoms with E-state index in [-0.39, 0.29) is 0 Å². The lowest BCUT2D eigenvalue weighted by Gasteiger charge is -2.13. The lowest BCUT2D eigenvalue weighted by Crippen LogP contribution is -2.38. The van der Waals surface area contributed by atoms with E-state index in [0.29, 0.717) is 0 Å². The Balaban J connectivity index is 1.64. The summed E-state index contributed by atoms with van der Waals surface area (Å²) in [4.78, 5) is 4.31. The normalized spacial score (nSPS) is 16.1. The Hall–Kier alpha value is -1.52. The molecule has 23 heavy (non-hydrogen) atoms. The molecule has 1 saturated carbocycles. The largest absolute Gasteiger partial charge is 0.356 e. The molecule has 0 unspecified atom stereocenters. The Morgan fingerprint density at radius 1 is 1.22 bits per heavy atom. The molecule has 1 aromatic heterocycles. The van der Waals surface area contributed by atoms with Crippen LogP contribution in [-0.2, 0) is 13.5 Å². The first-order chi connectivity index (χ1) is 11.1. The Bertz CT molecular complexity index is 512. The van der Waals surface area contributed by atoms with E-state index in [1.807, 2.05) is 18.8 Å². The van der Waals surface area contributed by atoms with Gasteiger partial charge in [-0.15, -0.1) is 0 Å². The molecule has 2 rings (SSSR count). The number of nitrogens with zero attached hydrogens (tertiary/aromatic N) is 3. The second kappa shape index (κ2) is 8.94. The number of hydrogen-bond acceptors (Lipinski definition) is 2. The van der Waals surface area contributed by atoms with E-state index >= 15 is 0 Å². The average molecular weight is 319 g/mol. The number of rotatable bonds is 7. The number of hydrogen-bond donors (Lipinski definition) is 2. The van der Waals surface area contributed by atoms with Crippen LogP contribution >= 0.6 is 0 Å². The predicted octanol–water partition coefficient (Wildman–Crippen LogP) is 2.71. The molecule has 0 amide bonds. The SMILES string of the molecule is CN=C(NCCCC1CCCC1)NCCc1c(C)nn(C)c1C. The quantitative estimate of drug-likeness (QED) is 0.461. The molecule has 5 heteroatoms. The van der Waals surface area contributed by atoms with Gasteiger partial charge in [0.2, 0.25) is 0 Å². The van der Waals surface area contributed by atoms with Crippen molar-refractivity contribution in [2.24, 2.45) is 18.0 Å². The molecular formula is C18H33N5. The van der Waals surface area contributed by atoms with Crippen LogP contribution < -0.4 is 10.6 Å². The summed E-state index contributed by atoms with van der Waals surface area (Å²) >= 11 is 0. The molecular weight excluding hydrogens is 286 g/mol. The van der Waals surface area contributed by atoms with Crippen molar-refractivity contribution < 1.29 is 0 Å². The van der Waals surface area contributed by atoms with Crippen LogP contribution in [0.5, 0.6) is 0 Å². The van der Waals surface area contributed by atoms with Gasteiger partial charge in [0.05, 0.1) is 5.69 Å². The first kappa shape index (κ1) is 17.8. The van der Waals surface area contributed by atoms with Crippen molar-refractivity contribution in [3.05, 3.63) is 17.0 Å². The summed E-state index contributed by atoms with van der Waals surface area (Å²) in [5.41, 5.74) is 3.73. The fourth-order valence-electron chi connectivity index (χ4n) is 3.60. The van der Waals surface area contributed by atoms with Gasteiger partial charge < -0.3 is 10.6 Å². The molecule has 130 valence electrons. The predicted molar refractivity (Wildman–Crippen MR) is 96.9 cm³/mol. The van der Waals surface area contributed by atoms with Crippen molar-refractivity contribution in [3.63, 3.8) is 0 Å². The van der Waals surface area contributed by atoms with E-state index in [1.54, 1.807) is 0 Å². The van der Waals surface area contributed by atoms with Crippen molar-refractivity contribution in [2.45, 2.75) is 58.8 Å². The third kappa shape index (κ3) is 5.26. The van der Waals surface area contributed by atoms with E-state index < -0.39 is 0 Å². The molecule has 1 fully saturated rings. The third-order valence-corrected chi connectivity index (χ3v) is 5.11. The Morgan fingerprint density at radius 3 is 2.52 bits per heavy atom. The standard InChI is InChI=1S/C18H33N5/c1-14-17(15(2)23(4)22-14)11-13-21-18(19-3)20-12-7-10-16-8-5-6-9-16/h16H,5-13H2,1-4H3,(H2,19,20,21). The molecule has 1 aliphatic carbocycles. The smallest absolute Gasteiger partial charge is 0.190 e. The number of aromatic nitrogens is 2. The van der Waals surface area contributed by atoms with Crippen LogP contribution in [-0.4, -0.2) is 35.9 Å². The third-order valence-electron chi connectivity index (χ3n) is 5.11. The van der Waals surface area contributed by atoms with E-state index in [9.17, 15) is 0 Å². The van der Waals surface area contributed by atoms with Crippen LogP contribution in [0, 0.1) is 19.8 Å². The second-order valence-electron chi connectivity index (χ2n) is 6.74. The van der Waals surface area contributed by atoms with E-state index in [1.165, 1.54) is 49.8 Å². The summed E-state index contributed by atoms with van der Waals surface area (Å²) in [5.74, 6) is 1.89. The monoisotopic (exact) mass is 319 g/mol. The molecule has 0 atom stereocenters. The minimum atomic E-state index is 0.885. The summed E-state index contributed by atoms with van der Waals surface area (Å²) in [6.45, 7) is 6.11. The second-order valence-corrected chi connectivity index (χ2v) is 6.74. The van der Waals surface area contributed by atoms with Crippen LogP contribution in [0.25, 0.3) is 0 Å². The van der Waals surface area contributed by atoms with Crippen molar-refractivity contribution in [3.8, 4) is 0 Å². The van der Waals surface area contributed by atoms with Gasteiger partial charge in [-0.05, 0) is 44.6 Å². The number of aliphatic imine (C=N–C) groups is 1. The van der Waals surface area contributed by atoms with Crippen LogP contribution in [0.2, 0.25) is 0 Å². The summed E-state index contributed by atoms with van der Waals surface area (Å²) < 4.78 is 1.96. The van der Waals surface area contributed by atoms with Gasteiger partial charge in [-0.3, -0.25) is 9.67 Å². The van der Waals surface area contributed by atoms with Gasteiger partial charge in [0.1, 0.15) is 0 Å². The van der Waals surface area contributed by atoms with Crippen LogP contribution in [0.3, 0.4) is 0 Å². The number of guanidine groups is 1. The molecule has 0 bridgehead atoms. The molecule has 1 heterocycles. The molecule has 0 aromatic carbocycles. The maximum Gasteiger partial charge on any atom is 0.190 e. The zero-order valence-electron chi connectivity index (χ0n) is 15.3. The zero-order chi connectivity index (χ0) is 16.7. The van der Waals surface area contributed by atoms with E-state index in [4.69, 9.17) is 0 Å². The Labute approximate surface area is 141 Å². The average Bonchev–Trinajstić information content (AvgIpc) is 3.13. The van der Waals surface area contributed by atoms with Crippen molar-refractivity contribution >= 4 is 5.96 Å². The molecule has 2 N–H and O–H groups in total. The molecule has 1 aromatic rings. The van der Waals surface area contributed by atoms with Crippen LogP contribution in [0.4, 0.5) is 0 Å². The van der Waals surface area contributed by atoms with Crippen LogP contribution in [0.1, 0.15) is 55.5 Å². The number of aryl methyl sites for hydroxylation is 2. The zero-order valence-corrected chi connectivity index (χ0v) is 15.3. The number of nitrogens with one attached hydrogen (secondary N) is 2.